The number of aliphatic hydroxyl groups is 1. The summed E-state index contributed by atoms with van der Waals surface area (Å²) < 4.78 is 17.1. The van der Waals surface area contributed by atoms with E-state index in [2.05, 4.69) is 0 Å². The Morgan fingerprint density at radius 1 is 1.13 bits per heavy atom. The average Bonchev–Trinajstić information content (AvgIpc) is 3.35. The van der Waals surface area contributed by atoms with Crippen LogP contribution in [0.3, 0.4) is 0 Å². The highest BCUT2D eigenvalue weighted by Gasteiger charge is 2.43. The molecule has 7 heteroatoms. The van der Waals surface area contributed by atoms with Gasteiger partial charge in [-0.25, -0.2) is 4.79 Å². The zero-order chi connectivity index (χ0) is 26.6. The number of hydrogen-bond donors (Lipinski definition) is 1. The number of hydrogen-bond acceptors (Lipinski definition) is 6. The van der Waals surface area contributed by atoms with Gasteiger partial charge in [-0.15, -0.1) is 0 Å². The Kier molecular flexibility index (Phi) is 6.06. The molecule has 1 aliphatic heterocycles. The predicted molar refractivity (Wildman–Crippen MR) is 146 cm³/mol. The number of methoxy groups -OCH3 is 1. The van der Waals surface area contributed by atoms with Gasteiger partial charge in [-0.05, 0) is 62.4 Å². The van der Waals surface area contributed by atoms with Crippen LogP contribution in [-0.4, -0.2) is 41.7 Å². The van der Waals surface area contributed by atoms with Crippen LogP contribution in [0.5, 0.6) is 5.75 Å². The van der Waals surface area contributed by atoms with E-state index in [-0.39, 0.29) is 18.2 Å². The molecule has 7 nitrogen and oxygen atoms in total. The van der Waals surface area contributed by atoms with Crippen molar-refractivity contribution in [1.82, 2.24) is 4.90 Å². The number of amides is 1. The number of aryl methyl sites for hydroxylation is 2. The Labute approximate surface area is 221 Å². The van der Waals surface area contributed by atoms with E-state index < -0.39 is 11.2 Å². The van der Waals surface area contributed by atoms with Crippen molar-refractivity contribution in [2.45, 2.75) is 58.0 Å². The minimum atomic E-state index is -0.652. The van der Waals surface area contributed by atoms with E-state index in [0.29, 0.717) is 36.2 Å². The van der Waals surface area contributed by atoms with Crippen molar-refractivity contribution in [3.63, 3.8) is 0 Å². The number of nitrogens with zero attached hydrogens (tertiary/aromatic N) is 1. The van der Waals surface area contributed by atoms with E-state index in [1.165, 1.54) is 0 Å². The van der Waals surface area contributed by atoms with Gasteiger partial charge >= 0.3 is 5.63 Å². The summed E-state index contributed by atoms with van der Waals surface area (Å²) in [7, 11) is 1.64. The van der Waals surface area contributed by atoms with Gasteiger partial charge < -0.3 is 23.6 Å². The second-order valence-corrected chi connectivity index (χ2v) is 10.9. The maximum Gasteiger partial charge on any atom is 0.340 e. The van der Waals surface area contributed by atoms with Crippen LogP contribution < -0.4 is 10.4 Å². The third kappa shape index (κ3) is 4.00. The molecule has 2 aromatic heterocycles. The van der Waals surface area contributed by atoms with Crippen LogP contribution in [-0.2, 0) is 11.2 Å². The Bertz CT molecular complexity index is 1610. The lowest BCUT2D eigenvalue weighted by atomic mass is 9.71. The van der Waals surface area contributed by atoms with E-state index in [0.717, 1.165) is 64.5 Å². The SMILES string of the molecule is COc1cccc(-c2coc3c(C)c4oc(=O)c(CC(=O)N5CCC6(O)CCCCC6C5)c(C)c4cc23)c1. The Balaban J connectivity index is 1.37. The fraction of sp³-hybridized carbons (Fsp3) is 0.419. The van der Waals surface area contributed by atoms with Crippen molar-refractivity contribution in [2.75, 3.05) is 20.2 Å². The Morgan fingerprint density at radius 2 is 1.97 bits per heavy atom. The van der Waals surface area contributed by atoms with Gasteiger partial charge in [0, 0.05) is 40.9 Å². The van der Waals surface area contributed by atoms with Crippen LogP contribution in [0.1, 0.15) is 48.8 Å². The van der Waals surface area contributed by atoms with Crippen molar-refractivity contribution in [1.29, 1.82) is 0 Å². The summed E-state index contributed by atoms with van der Waals surface area (Å²) >= 11 is 0. The molecule has 2 aromatic carbocycles. The quantitative estimate of drug-likeness (QED) is 0.360. The minimum Gasteiger partial charge on any atom is -0.497 e. The van der Waals surface area contributed by atoms with E-state index in [4.69, 9.17) is 13.6 Å². The fourth-order valence-electron chi connectivity index (χ4n) is 6.48. The van der Waals surface area contributed by atoms with Gasteiger partial charge in [0.05, 0.1) is 31.0 Å². The van der Waals surface area contributed by atoms with Crippen molar-refractivity contribution in [2.24, 2.45) is 5.92 Å². The normalized spacial score (nSPS) is 21.6. The van der Waals surface area contributed by atoms with Gasteiger partial charge in [0.2, 0.25) is 5.91 Å². The van der Waals surface area contributed by atoms with Gasteiger partial charge in [0.15, 0.2) is 0 Å². The standard InChI is InChI=1S/C31H33NO6/c1-18-23-14-25-26(20-7-6-9-22(13-20)36-3)17-37-28(25)19(2)29(23)38-30(34)24(18)15-27(33)32-12-11-31(35)10-5-4-8-21(31)16-32/h6-7,9,13-14,17,21,35H,4-5,8,10-12,15-16H2,1-3H3. The highest BCUT2D eigenvalue weighted by atomic mass is 16.5. The molecule has 1 N–H and O–H groups in total. The van der Waals surface area contributed by atoms with Gasteiger partial charge in [0.25, 0.3) is 0 Å². The molecule has 1 saturated carbocycles. The van der Waals surface area contributed by atoms with Crippen molar-refractivity contribution < 1.29 is 23.5 Å². The summed E-state index contributed by atoms with van der Waals surface area (Å²) in [6.07, 6.45) is 6.18. The van der Waals surface area contributed by atoms with E-state index in [1.54, 1.807) is 13.4 Å². The number of ether oxygens (including phenoxy) is 1. The molecule has 0 bridgehead atoms. The van der Waals surface area contributed by atoms with E-state index in [9.17, 15) is 14.7 Å². The number of fused-ring (bicyclic) bond motifs is 3. The maximum atomic E-state index is 13.4. The molecule has 2 unspecified atom stereocenters. The molecular weight excluding hydrogens is 482 g/mol. The van der Waals surface area contributed by atoms with Crippen LogP contribution in [0.25, 0.3) is 33.1 Å². The lowest BCUT2D eigenvalue weighted by Crippen LogP contribution is -2.55. The lowest BCUT2D eigenvalue weighted by Gasteiger charge is -2.47. The maximum absolute atomic E-state index is 13.4. The van der Waals surface area contributed by atoms with Gasteiger partial charge in [-0.2, -0.15) is 0 Å². The summed E-state index contributed by atoms with van der Waals surface area (Å²) in [6, 6.07) is 9.78. The third-order valence-corrected chi connectivity index (χ3v) is 8.83. The van der Waals surface area contributed by atoms with Crippen molar-refractivity contribution in [3.8, 4) is 16.9 Å². The molecule has 198 valence electrons. The van der Waals surface area contributed by atoms with Gasteiger partial charge in [-0.1, -0.05) is 25.0 Å². The molecule has 4 aromatic rings. The summed E-state index contributed by atoms with van der Waals surface area (Å²) in [5.41, 5.74) is 3.76. The fourth-order valence-corrected chi connectivity index (χ4v) is 6.48. The summed E-state index contributed by atoms with van der Waals surface area (Å²) in [6.45, 7) is 4.83. The summed E-state index contributed by atoms with van der Waals surface area (Å²) in [5.74, 6) is 0.766. The van der Waals surface area contributed by atoms with Crippen LogP contribution >= 0.6 is 0 Å². The van der Waals surface area contributed by atoms with Crippen LogP contribution in [0.2, 0.25) is 0 Å². The minimum absolute atomic E-state index is 0.0134. The molecule has 2 aliphatic rings. The molecule has 1 aliphatic carbocycles. The number of likely N-dealkylation sites (tertiary alicyclic amines) is 1. The first-order valence-electron chi connectivity index (χ1n) is 13.4. The molecule has 1 saturated heterocycles. The van der Waals surface area contributed by atoms with Crippen LogP contribution in [0.15, 0.2) is 50.2 Å². The zero-order valence-corrected chi connectivity index (χ0v) is 22.1. The smallest absolute Gasteiger partial charge is 0.340 e. The molecule has 0 radical (unpaired) electrons. The van der Waals surface area contributed by atoms with E-state index in [1.807, 2.05) is 49.1 Å². The number of furan rings is 1. The molecule has 38 heavy (non-hydrogen) atoms. The molecule has 1 amide bonds. The van der Waals surface area contributed by atoms with Crippen LogP contribution in [0, 0.1) is 19.8 Å². The molecule has 3 heterocycles. The second kappa shape index (κ2) is 9.31. The van der Waals surface area contributed by atoms with Gasteiger partial charge in [0.1, 0.15) is 16.9 Å². The van der Waals surface area contributed by atoms with Gasteiger partial charge in [-0.3, -0.25) is 4.79 Å². The first-order chi connectivity index (χ1) is 18.3. The first kappa shape index (κ1) is 24.7. The largest absolute Gasteiger partial charge is 0.497 e. The molecule has 6 rings (SSSR count). The third-order valence-electron chi connectivity index (χ3n) is 8.83. The zero-order valence-electron chi connectivity index (χ0n) is 22.1. The topological polar surface area (TPSA) is 93.1 Å². The molecule has 2 fully saturated rings. The first-order valence-corrected chi connectivity index (χ1v) is 13.4. The second-order valence-electron chi connectivity index (χ2n) is 10.9. The molecule has 0 spiro atoms. The predicted octanol–water partition coefficient (Wildman–Crippen LogP) is 5.53. The monoisotopic (exact) mass is 515 g/mol. The molecular formula is C31H33NO6. The summed E-state index contributed by atoms with van der Waals surface area (Å²) in [5, 5.41) is 12.7. The number of benzene rings is 2. The number of carbonyl (C=O) groups is 1. The summed E-state index contributed by atoms with van der Waals surface area (Å²) in [4.78, 5) is 28.3. The lowest BCUT2D eigenvalue weighted by molar-refractivity contribution is -0.142. The number of rotatable bonds is 4. The average molecular weight is 516 g/mol. The Hall–Kier alpha value is -3.58. The molecule has 2 atom stereocenters. The van der Waals surface area contributed by atoms with E-state index >= 15 is 0 Å². The van der Waals surface area contributed by atoms with Crippen LogP contribution in [0.4, 0.5) is 0 Å². The van der Waals surface area contributed by atoms with Crippen molar-refractivity contribution >= 4 is 27.8 Å². The highest BCUT2D eigenvalue weighted by Crippen LogP contribution is 2.40. The van der Waals surface area contributed by atoms with Crippen molar-refractivity contribution in [3.05, 3.63) is 63.7 Å². The number of piperidine rings is 1. The number of carbonyl (C=O) groups excluding carboxylic acids is 1. The highest BCUT2D eigenvalue weighted by molar-refractivity contribution is 6.05. The Morgan fingerprint density at radius 3 is 2.79 bits per heavy atom.